The molecule has 2 nitrogen and oxygen atoms in total. The molecule has 0 heterocycles. The average molecular weight is 390 g/mol. The molecule has 4 aromatic rings. The molecule has 0 radical (unpaired) electrons. The van der Waals surface area contributed by atoms with Gasteiger partial charge in [-0.05, 0) is 27.8 Å². The standard InChI is InChI=1S/C28H22O2/c1-21(27(29)30)22-17-19-26(20-18-22)28(23-11-5-2-6-12-23,24-13-7-3-8-14-24)25-15-9-4-10-16-25/h2-20H,1H2,(H,29,30). The van der Waals surface area contributed by atoms with E-state index in [9.17, 15) is 9.90 Å². The van der Waals surface area contributed by atoms with E-state index in [0.29, 0.717) is 5.56 Å². The number of hydrogen-bond acceptors (Lipinski definition) is 1. The van der Waals surface area contributed by atoms with Crippen LogP contribution in [0.15, 0.2) is 122 Å². The predicted molar refractivity (Wildman–Crippen MR) is 121 cm³/mol. The van der Waals surface area contributed by atoms with Crippen LogP contribution < -0.4 is 0 Å². The van der Waals surface area contributed by atoms with E-state index >= 15 is 0 Å². The third-order valence-corrected chi connectivity index (χ3v) is 5.54. The molecule has 0 aliphatic rings. The molecule has 0 fully saturated rings. The van der Waals surface area contributed by atoms with Crippen molar-refractivity contribution in [2.24, 2.45) is 0 Å². The molecule has 0 atom stereocenters. The molecule has 0 aliphatic carbocycles. The van der Waals surface area contributed by atoms with Gasteiger partial charge in [0.1, 0.15) is 0 Å². The minimum Gasteiger partial charge on any atom is -0.478 e. The minimum atomic E-state index is -1.01. The first-order chi connectivity index (χ1) is 14.6. The van der Waals surface area contributed by atoms with E-state index in [1.807, 2.05) is 42.5 Å². The molecule has 30 heavy (non-hydrogen) atoms. The Morgan fingerprint density at radius 2 is 0.900 bits per heavy atom. The molecule has 4 aromatic carbocycles. The van der Waals surface area contributed by atoms with Crippen molar-refractivity contribution in [3.63, 3.8) is 0 Å². The van der Waals surface area contributed by atoms with Gasteiger partial charge < -0.3 is 5.11 Å². The first kappa shape index (κ1) is 19.4. The van der Waals surface area contributed by atoms with E-state index in [0.717, 1.165) is 22.3 Å². The lowest BCUT2D eigenvalue weighted by Crippen LogP contribution is -2.31. The maximum absolute atomic E-state index is 11.3. The molecule has 0 saturated carbocycles. The molecule has 0 unspecified atom stereocenters. The van der Waals surface area contributed by atoms with E-state index in [2.05, 4.69) is 79.4 Å². The maximum Gasteiger partial charge on any atom is 0.335 e. The zero-order valence-electron chi connectivity index (χ0n) is 16.5. The number of carboxylic acid groups (broad SMARTS) is 1. The summed E-state index contributed by atoms with van der Waals surface area (Å²) >= 11 is 0. The summed E-state index contributed by atoms with van der Waals surface area (Å²) in [5.41, 5.74) is 4.66. The zero-order chi connectivity index (χ0) is 21.0. The van der Waals surface area contributed by atoms with E-state index in [-0.39, 0.29) is 5.57 Å². The third kappa shape index (κ3) is 3.33. The largest absolute Gasteiger partial charge is 0.478 e. The summed E-state index contributed by atoms with van der Waals surface area (Å²) in [5, 5.41) is 9.30. The fourth-order valence-corrected chi connectivity index (χ4v) is 4.11. The molecule has 1 N–H and O–H groups in total. The maximum atomic E-state index is 11.3. The van der Waals surface area contributed by atoms with Crippen molar-refractivity contribution in [3.05, 3.63) is 150 Å². The topological polar surface area (TPSA) is 37.3 Å². The summed E-state index contributed by atoms with van der Waals surface area (Å²) in [6.07, 6.45) is 0. The van der Waals surface area contributed by atoms with Crippen molar-refractivity contribution in [3.8, 4) is 0 Å². The van der Waals surface area contributed by atoms with Crippen molar-refractivity contribution < 1.29 is 9.90 Å². The van der Waals surface area contributed by atoms with Crippen LogP contribution >= 0.6 is 0 Å². The molecule has 2 heteroatoms. The minimum absolute atomic E-state index is 0.0892. The van der Waals surface area contributed by atoms with Crippen molar-refractivity contribution in [2.45, 2.75) is 5.41 Å². The van der Waals surface area contributed by atoms with Gasteiger partial charge >= 0.3 is 5.97 Å². The number of rotatable bonds is 6. The summed E-state index contributed by atoms with van der Waals surface area (Å²) in [6, 6.07) is 38.9. The van der Waals surface area contributed by atoms with Crippen LogP contribution in [-0.2, 0) is 10.2 Å². The Bertz CT molecular complexity index is 1050. The van der Waals surface area contributed by atoms with Crippen LogP contribution in [0.4, 0.5) is 0 Å². The first-order valence-corrected chi connectivity index (χ1v) is 9.83. The van der Waals surface area contributed by atoms with Crippen LogP contribution in [-0.4, -0.2) is 11.1 Å². The number of carboxylic acids is 1. The van der Waals surface area contributed by atoms with E-state index in [1.165, 1.54) is 0 Å². The Morgan fingerprint density at radius 3 is 1.23 bits per heavy atom. The quantitative estimate of drug-likeness (QED) is 0.316. The molecule has 0 amide bonds. The molecule has 0 spiro atoms. The summed E-state index contributed by atoms with van der Waals surface area (Å²) in [6.45, 7) is 3.69. The number of hydrogen-bond donors (Lipinski definition) is 1. The smallest absolute Gasteiger partial charge is 0.335 e. The Morgan fingerprint density at radius 1 is 0.567 bits per heavy atom. The highest BCUT2D eigenvalue weighted by atomic mass is 16.4. The van der Waals surface area contributed by atoms with E-state index < -0.39 is 11.4 Å². The molecule has 4 rings (SSSR count). The summed E-state index contributed by atoms with van der Waals surface area (Å²) in [4.78, 5) is 11.3. The van der Waals surface area contributed by atoms with E-state index in [1.54, 1.807) is 0 Å². The fourth-order valence-electron chi connectivity index (χ4n) is 4.11. The second-order valence-corrected chi connectivity index (χ2v) is 7.21. The van der Waals surface area contributed by atoms with Gasteiger partial charge in [-0.2, -0.15) is 0 Å². The van der Waals surface area contributed by atoms with Crippen LogP contribution in [0, 0.1) is 0 Å². The first-order valence-electron chi connectivity index (χ1n) is 9.83. The predicted octanol–water partition coefficient (Wildman–Crippen LogP) is 6.17. The van der Waals surface area contributed by atoms with Gasteiger partial charge in [0.05, 0.1) is 11.0 Å². The normalized spacial score (nSPS) is 11.1. The average Bonchev–Trinajstić information content (AvgIpc) is 2.82. The summed E-state index contributed by atoms with van der Waals surface area (Å²) in [7, 11) is 0. The van der Waals surface area contributed by atoms with Crippen LogP contribution in [0.1, 0.15) is 27.8 Å². The molecular weight excluding hydrogens is 368 g/mol. The summed E-state index contributed by atoms with van der Waals surface area (Å²) in [5.74, 6) is -1.01. The Balaban J connectivity index is 2.03. The lowest BCUT2D eigenvalue weighted by Gasteiger charge is -2.37. The van der Waals surface area contributed by atoms with Gasteiger partial charge in [0.25, 0.3) is 0 Å². The molecule has 0 bridgehead atoms. The Labute approximate surface area is 176 Å². The molecule has 0 aromatic heterocycles. The lowest BCUT2D eigenvalue weighted by molar-refractivity contribution is -0.130. The second-order valence-electron chi connectivity index (χ2n) is 7.21. The molecule has 146 valence electrons. The number of aliphatic carboxylic acids is 1. The van der Waals surface area contributed by atoms with Crippen LogP contribution in [0.3, 0.4) is 0 Å². The highest BCUT2D eigenvalue weighted by molar-refractivity contribution is 6.14. The molecular formula is C28H22O2. The molecule has 0 aliphatic heterocycles. The van der Waals surface area contributed by atoms with Gasteiger partial charge in [-0.15, -0.1) is 0 Å². The van der Waals surface area contributed by atoms with Gasteiger partial charge in [-0.1, -0.05) is 122 Å². The van der Waals surface area contributed by atoms with Crippen molar-refractivity contribution >= 4 is 11.5 Å². The van der Waals surface area contributed by atoms with Gasteiger partial charge in [0.15, 0.2) is 0 Å². The Hall–Kier alpha value is -3.91. The van der Waals surface area contributed by atoms with Crippen molar-refractivity contribution in [1.29, 1.82) is 0 Å². The highest BCUT2D eigenvalue weighted by Crippen LogP contribution is 2.45. The van der Waals surface area contributed by atoms with Crippen molar-refractivity contribution in [1.82, 2.24) is 0 Å². The molecule has 0 saturated heterocycles. The van der Waals surface area contributed by atoms with E-state index in [4.69, 9.17) is 0 Å². The monoisotopic (exact) mass is 390 g/mol. The summed E-state index contributed by atoms with van der Waals surface area (Å²) < 4.78 is 0. The van der Waals surface area contributed by atoms with Crippen molar-refractivity contribution in [2.75, 3.05) is 0 Å². The fraction of sp³-hybridized carbons (Fsp3) is 0.0357. The van der Waals surface area contributed by atoms with Gasteiger partial charge in [-0.3, -0.25) is 0 Å². The SMILES string of the molecule is C=C(C(=O)O)c1ccc(C(c2ccccc2)(c2ccccc2)c2ccccc2)cc1. The number of benzene rings is 4. The number of carbonyl (C=O) groups is 1. The Kier molecular flexibility index (Phi) is 5.32. The third-order valence-electron chi connectivity index (χ3n) is 5.54. The van der Waals surface area contributed by atoms with Crippen LogP contribution in [0.2, 0.25) is 0 Å². The van der Waals surface area contributed by atoms with Gasteiger partial charge in [0, 0.05) is 0 Å². The highest BCUT2D eigenvalue weighted by Gasteiger charge is 2.38. The zero-order valence-corrected chi connectivity index (χ0v) is 16.5. The van der Waals surface area contributed by atoms with Gasteiger partial charge in [0.2, 0.25) is 0 Å². The van der Waals surface area contributed by atoms with Crippen LogP contribution in [0.5, 0.6) is 0 Å². The van der Waals surface area contributed by atoms with Crippen LogP contribution in [0.25, 0.3) is 5.57 Å². The second kappa shape index (κ2) is 8.22. The van der Waals surface area contributed by atoms with Gasteiger partial charge in [-0.25, -0.2) is 4.79 Å². The lowest BCUT2D eigenvalue weighted by atomic mass is 9.65.